The molecule has 1 aromatic heterocycles. The van der Waals surface area contributed by atoms with E-state index in [0.717, 1.165) is 25.4 Å². The SMILES string of the molecule is CCn1ccnc1CC(=O)C1CCOC1. The van der Waals surface area contributed by atoms with Gasteiger partial charge < -0.3 is 9.30 Å². The van der Waals surface area contributed by atoms with Crippen LogP contribution in [0.5, 0.6) is 0 Å². The minimum absolute atomic E-state index is 0.0898. The smallest absolute Gasteiger partial charge is 0.145 e. The molecule has 1 aliphatic heterocycles. The number of aromatic nitrogens is 2. The summed E-state index contributed by atoms with van der Waals surface area (Å²) in [6, 6.07) is 0. The van der Waals surface area contributed by atoms with Crippen molar-refractivity contribution in [3.05, 3.63) is 18.2 Å². The summed E-state index contributed by atoms with van der Waals surface area (Å²) in [6.45, 7) is 4.22. The Kier molecular flexibility index (Phi) is 3.16. The molecule has 2 heterocycles. The fourth-order valence-corrected chi connectivity index (χ4v) is 1.88. The Hall–Kier alpha value is -1.16. The number of ketones is 1. The molecular weight excluding hydrogens is 192 g/mol. The Balaban J connectivity index is 1.98. The van der Waals surface area contributed by atoms with Crippen molar-refractivity contribution in [2.45, 2.75) is 26.3 Å². The molecule has 4 heteroatoms. The number of hydrogen-bond acceptors (Lipinski definition) is 3. The Morgan fingerprint density at radius 2 is 2.60 bits per heavy atom. The first-order valence-electron chi connectivity index (χ1n) is 5.41. The van der Waals surface area contributed by atoms with Gasteiger partial charge in [-0.05, 0) is 13.3 Å². The van der Waals surface area contributed by atoms with Crippen LogP contribution in [0.2, 0.25) is 0 Å². The molecule has 1 saturated heterocycles. The van der Waals surface area contributed by atoms with Crippen molar-refractivity contribution in [2.24, 2.45) is 5.92 Å². The molecule has 4 nitrogen and oxygen atoms in total. The summed E-state index contributed by atoms with van der Waals surface area (Å²) in [6.07, 6.45) is 4.96. The van der Waals surface area contributed by atoms with E-state index in [4.69, 9.17) is 4.74 Å². The topological polar surface area (TPSA) is 44.1 Å². The zero-order valence-electron chi connectivity index (χ0n) is 8.98. The Morgan fingerprint density at radius 3 is 3.27 bits per heavy atom. The second-order valence-electron chi connectivity index (χ2n) is 3.83. The van der Waals surface area contributed by atoms with Gasteiger partial charge in [-0.3, -0.25) is 4.79 Å². The molecule has 0 saturated carbocycles. The lowest BCUT2D eigenvalue weighted by atomic mass is 10.0. The van der Waals surface area contributed by atoms with E-state index in [9.17, 15) is 4.79 Å². The van der Waals surface area contributed by atoms with Crippen LogP contribution in [0.1, 0.15) is 19.2 Å². The van der Waals surface area contributed by atoms with E-state index in [0.29, 0.717) is 13.0 Å². The molecular formula is C11H16N2O2. The van der Waals surface area contributed by atoms with Crippen molar-refractivity contribution in [1.82, 2.24) is 9.55 Å². The van der Waals surface area contributed by atoms with E-state index >= 15 is 0 Å². The second-order valence-corrected chi connectivity index (χ2v) is 3.83. The molecule has 1 unspecified atom stereocenters. The number of carbonyl (C=O) groups excluding carboxylic acids is 1. The first-order valence-corrected chi connectivity index (χ1v) is 5.41. The monoisotopic (exact) mass is 208 g/mol. The van der Waals surface area contributed by atoms with Gasteiger partial charge in [-0.15, -0.1) is 0 Å². The van der Waals surface area contributed by atoms with Crippen molar-refractivity contribution >= 4 is 5.78 Å². The highest BCUT2D eigenvalue weighted by molar-refractivity contribution is 5.82. The van der Waals surface area contributed by atoms with Crippen LogP contribution in [-0.4, -0.2) is 28.5 Å². The van der Waals surface area contributed by atoms with Gasteiger partial charge in [0.25, 0.3) is 0 Å². The Labute approximate surface area is 89.3 Å². The quantitative estimate of drug-likeness (QED) is 0.743. The number of imidazole rings is 1. The summed E-state index contributed by atoms with van der Waals surface area (Å²) in [5.41, 5.74) is 0. The van der Waals surface area contributed by atoms with Gasteiger partial charge in [0.05, 0.1) is 13.0 Å². The van der Waals surface area contributed by atoms with Crippen molar-refractivity contribution in [2.75, 3.05) is 13.2 Å². The summed E-state index contributed by atoms with van der Waals surface area (Å²) < 4.78 is 7.21. The van der Waals surface area contributed by atoms with Crippen molar-refractivity contribution in [3.63, 3.8) is 0 Å². The third-order valence-corrected chi connectivity index (χ3v) is 2.86. The number of nitrogens with zero attached hydrogens (tertiary/aromatic N) is 2. The fourth-order valence-electron chi connectivity index (χ4n) is 1.88. The highest BCUT2D eigenvalue weighted by Crippen LogP contribution is 2.15. The molecule has 0 N–H and O–H groups in total. The van der Waals surface area contributed by atoms with Crippen LogP contribution in [-0.2, 0) is 22.5 Å². The van der Waals surface area contributed by atoms with Crippen molar-refractivity contribution < 1.29 is 9.53 Å². The lowest BCUT2D eigenvalue weighted by molar-refractivity contribution is -0.122. The highest BCUT2D eigenvalue weighted by Gasteiger charge is 2.24. The summed E-state index contributed by atoms with van der Waals surface area (Å²) >= 11 is 0. The zero-order valence-corrected chi connectivity index (χ0v) is 8.98. The normalized spacial score (nSPS) is 20.7. The minimum atomic E-state index is 0.0898. The van der Waals surface area contributed by atoms with Gasteiger partial charge in [-0.1, -0.05) is 0 Å². The lowest BCUT2D eigenvalue weighted by Crippen LogP contribution is -2.19. The molecule has 0 spiro atoms. The van der Waals surface area contributed by atoms with Crippen LogP contribution in [0.4, 0.5) is 0 Å². The third kappa shape index (κ3) is 2.26. The van der Waals surface area contributed by atoms with Gasteiger partial charge in [-0.2, -0.15) is 0 Å². The number of hydrogen-bond donors (Lipinski definition) is 0. The number of Topliss-reactive ketones (excluding diaryl/α,β-unsaturated/α-hetero) is 1. The van der Waals surface area contributed by atoms with Crippen LogP contribution in [0.15, 0.2) is 12.4 Å². The number of aryl methyl sites for hydroxylation is 1. The van der Waals surface area contributed by atoms with E-state index in [1.807, 2.05) is 17.7 Å². The molecule has 1 fully saturated rings. The van der Waals surface area contributed by atoms with Crippen molar-refractivity contribution in [3.8, 4) is 0 Å². The van der Waals surface area contributed by atoms with Crippen LogP contribution < -0.4 is 0 Å². The fraction of sp³-hybridized carbons (Fsp3) is 0.636. The van der Waals surface area contributed by atoms with Crippen LogP contribution in [0.25, 0.3) is 0 Å². The molecule has 82 valence electrons. The molecule has 2 rings (SSSR count). The molecule has 1 atom stereocenters. The first kappa shape index (κ1) is 10.4. The molecule has 1 aromatic rings. The molecule has 0 bridgehead atoms. The molecule has 0 amide bonds. The Morgan fingerprint density at radius 1 is 1.73 bits per heavy atom. The summed E-state index contributed by atoms with van der Waals surface area (Å²) in [5.74, 6) is 1.22. The van der Waals surface area contributed by atoms with Gasteiger partial charge >= 0.3 is 0 Å². The number of carbonyl (C=O) groups is 1. The highest BCUT2D eigenvalue weighted by atomic mass is 16.5. The zero-order chi connectivity index (χ0) is 10.7. The molecule has 0 aliphatic carbocycles. The average Bonchev–Trinajstić information content (AvgIpc) is 2.87. The first-order chi connectivity index (χ1) is 7.31. The minimum Gasteiger partial charge on any atom is -0.381 e. The van der Waals surface area contributed by atoms with E-state index in [2.05, 4.69) is 4.98 Å². The van der Waals surface area contributed by atoms with Crippen LogP contribution in [0, 0.1) is 5.92 Å². The maximum Gasteiger partial charge on any atom is 0.145 e. The lowest BCUT2D eigenvalue weighted by Gasteiger charge is -2.07. The average molecular weight is 208 g/mol. The Bertz CT molecular complexity index is 340. The van der Waals surface area contributed by atoms with E-state index in [1.165, 1.54) is 0 Å². The van der Waals surface area contributed by atoms with Gasteiger partial charge in [0.1, 0.15) is 11.6 Å². The molecule has 15 heavy (non-hydrogen) atoms. The summed E-state index contributed by atoms with van der Waals surface area (Å²) in [7, 11) is 0. The van der Waals surface area contributed by atoms with E-state index in [-0.39, 0.29) is 11.7 Å². The van der Waals surface area contributed by atoms with Crippen LogP contribution >= 0.6 is 0 Å². The van der Waals surface area contributed by atoms with Gasteiger partial charge in [0.15, 0.2) is 0 Å². The van der Waals surface area contributed by atoms with Crippen molar-refractivity contribution in [1.29, 1.82) is 0 Å². The molecule has 0 aromatic carbocycles. The van der Waals surface area contributed by atoms with Gasteiger partial charge in [0, 0.05) is 31.5 Å². The maximum atomic E-state index is 11.8. The second kappa shape index (κ2) is 4.57. The van der Waals surface area contributed by atoms with Gasteiger partial charge in [0.2, 0.25) is 0 Å². The standard InChI is InChI=1S/C11H16N2O2/c1-2-13-5-4-12-11(13)7-10(14)9-3-6-15-8-9/h4-5,9H,2-3,6-8H2,1H3. The summed E-state index contributed by atoms with van der Waals surface area (Å²) in [5, 5.41) is 0. The summed E-state index contributed by atoms with van der Waals surface area (Å²) in [4.78, 5) is 16.0. The van der Waals surface area contributed by atoms with E-state index in [1.54, 1.807) is 6.20 Å². The maximum absolute atomic E-state index is 11.8. The van der Waals surface area contributed by atoms with E-state index < -0.39 is 0 Å². The molecule has 0 radical (unpaired) electrons. The number of rotatable bonds is 4. The van der Waals surface area contributed by atoms with Crippen LogP contribution in [0.3, 0.4) is 0 Å². The predicted octanol–water partition coefficient (Wildman–Crippen LogP) is 1.05. The van der Waals surface area contributed by atoms with Gasteiger partial charge in [-0.25, -0.2) is 4.98 Å². The molecule has 1 aliphatic rings. The third-order valence-electron chi connectivity index (χ3n) is 2.86. The predicted molar refractivity (Wildman–Crippen MR) is 55.5 cm³/mol. The number of ether oxygens (including phenoxy) is 1. The largest absolute Gasteiger partial charge is 0.381 e.